The van der Waals surface area contributed by atoms with Crippen LogP contribution >= 0.6 is 0 Å². The molecule has 0 spiro atoms. The predicted molar refractivity (Wildman–Crippen MR) is 124 cm³/mol. The lowest BCUT2D eigenvalue weighted by Gasteiger charge is -2.03. The van der Waals surface area contributed by atoms with E-state index in [9.17, 15) is 4.79 Å². The maximum absolute atomic E-state index is 10.3. The highest BCUT2D eigenvalue weighted by atomic mass is 16.4. The average Bonchev–Trinajstić information content (AvgIpc) is 2.68. The Hall–Kier alpha value is -1.31. The molecule has 0 saturated carbocycles. The van der Waals surface area contributed by atoms with Crippen LogP contribution in [0.2, 0.25) is 0 Å². The van der Waals surface area contributed by atoms with E-state index in [1.54, 1.807) is 12.2 Å². The molecule has 2 heteroatoms. The first-order valence-corrected chi connectivity index (χ1v) is 12.0. The van der Waals surface area contributed by atoms with E-state index in [0.717, 1.165) is 12.5 Å². The SMILES string of the molecule is CCCCCCCCCCCCCCCCCCC/C=C/C=C\C=C\C(=O)O. The molecular weight excluding hydrogens is 344 g/mol. The van der Waals surface area contributed by atoms with Gasteiger partial charge in [-0.05, 0) is 12.8 Å². The molecular formula is C26H46O2. The van der Waals surface area contributed by atoms with Crippen molar-refractivity contribution in [1.82, 2.24) is 0 Å². The van der Waals surface area contributed by atoms with Gasteiger partial charge < -0.3 is 5.11 Å². The van der Waals surface area contributed by atoms with Gasteiger partial charge in [0.2, 0.25) is 0 Å². The molecule has 28 heavy (non-hydrogen) atoms. The van der Waals surface area contributed by atoms with Gasteiger partial charge in [0.25, 0.3) is 0 Å². The molecule has 162 valence electrons. The molecule has 0 fully saturated rings. The first-order chi connectivity index (χ1) is 13.8. The van der Waals surface area contributed by atoms with Gasteiger partial charge >= 0.3 is 5.97 Å². The molecule has 0 rings (SSSR count). The van der Waals surface area contributed by atoms with Crippen LogP contribution in [0.15, 0.2) is 36.5 Å². The average molecular weight is 391 g/mol. The Morgan fingerprint density at radius 2 is 0.964 bits per heavy atom. The summed E-state index contributed by atoms with van der Waals surface area (Å²) >= 11 is 0. The summed E-state index contributed by atoms with van der Waals surface area (Å²) in [5.74, 6) is -0.905. The topological polar surface area (TPSA) is 37.3 Å². The quantitative estimate of drug-likeness (QED) is 0.121. The number of unbranched alkanes of at least 4 members (excludes halogenated alkanes) is 17. The highest BCUT2D eigenvalue weighted by Gasteiger charge is 1.94. The summed E-state index contributed by atoms with van der Waals surface area (Å²) in [4.78, 5) is 10.3. The molecule has 0 aromatic heterocycles. The van der Waals surface area contributed by atoms with Crippen molar-refractivity contribution in [1.29, 1.82) is 0 Å². The third kappa shape index (κ3) is 24.7. The van der Waals surface area contributed by atoms with Crippen molar-refractivity contribution < 1.29 is 9.90 Å². The highest BCUT2D eigenvalue weighted by molar-refractivity contribution is 5.80. The van der Waals surface area contributed by atoms with Crippen molar-refractivity contribution in [2.75, 3.05) is 0 Å². The van der Waals surface area contributed by atoms with Crippen molar-refractivity contribution in [2.45, 2.75) is 122 Å². The van der Waals surface area contributed by atoms with Gasteiger partial charge in [-0.3, -0.25) is 0 Å². The summed E-state index contributed by atoms with van der Waals surface area (Å²) in [6.07, 6.45) is 35.6. The Kier molecular flexibility index (Phi) is 22.6. The zero-order chi connectivity index (χ0) is 20.5. The van der Waals surface area contributed by atoms with Gasteiger partial charge in [-0.25, -0.2) is 4.79 Å². The number of allylic oxidation sites excluding steroid dienone is 5. The molecule has 0 unspecified atom stereocenters. The number of hydrogen-bond acceptors (Lipinski definition) is 1. The summed E-state index contributed by atoms with van der Waals surface area (Å²) in [5, 5.41) is 8.45. The predicted octanol–water partition coefficient (Wildman–Crippen LogP) is 8.78. The summed E-state index contributed by atoms with van der Waals surface area (Å²) in [6.45, 7) is 2.28. The van der Waals surface area contributed by atoms with Crippen LogP contribution in [0.5, 0.6) is 0 Å². The zero-order valence-corrected chi connectivity index (χ0v) is 18.5. The summed E-state index contributed by atoms with van der Waals surface area (Å²) in [5.41, 5.74) is 0. The fourth-order valence-electron chi connectivity index (χ4n) is 3.43. The fourth-order valence-corrected chi connectivity index (χ4v) is 3.43. The number of aliphatic carboxylic acids is 1. The molecule has 1 N–H and O–H groups in total. The maximum Gasteiger partial charge on any atom is 0.328 e. The largest absolute Gasteiger partial charge is 0.478 e. The summed E-state index contributed by atoms with van der Waals surface area (Å²) < 4.78 is 0. The van der Waals surface area contributed by atoms with Crippen LogP contribution < -0.4 is 0 Å². The zero-order valence-electron chi connectivity index (χ0n) is 18.5. The monoisotopic (exact) mass is 390 g/mol. The van der Waals surface area contributed by atoms with Crippen LogP contribution in [0.25, 0.3) is 0 Å². The lowest BCUT2D eigenvalue weighted by atomic mass is 10.0. The lowest BCUT2D eigenvalue weighted by Crippen LogP contribution is -1.84. The highest BCUT2D eigenvalue weighted by Crippen LogP contribution is 2.14. The van der Waals surface area contributed by atoms with Gasteiger partial charge in [0.05, 0.1) is 0 Å². The third-order valence-electron chi connectivity index (χ3n) is 5.18. The standard InChI is InChI=1S/C26H46O2/c1-2-3-4-5-6-7-8-9-10-11-12-13-14-15-16-17-18-19-20-21-22-23-24-25-26(27)28/h20-25H,2-19H2,1H3,(H,27,28)/b21-20+,23-22-,25-24+. The van der Waals surface area contributed by atoms with Gasteiger partial charge in [0.1, 0.15) is 0 Å². The van der Waals surface area contributed by atoms with E-state index < -0.39 is 5.97 Å². The molecule has 0 aliphatic heterocycles. The summed E-state index contributed by atoms with van der Waals surface area (Å²) in [7, 11) is 0. The number of carboxylic acids is 1. The first kappa shape index (κ1) is 26.7. The Labute approximate surface area is 175 Å². The molecule has 0 atom stereocenters. The second kappa shape index (κ2) is 23.7. The lowest BCUT2D eigenvalue weighted by molar-refractivity contribution is -0.131. The van der Waals surface area contributed by atoms with E-state index in [4.69, 9.17) is 5.11 Å². The maximum atomic E-state index is 10.3. The van der Waals surface area contributed by atoms with E-state index in [-0.39, 0.29) is 0 Å². The van der Waals surface area contributed by atoms with Crippen molar-refractivity contribution >= 4 is 5.97 Å². The Morgan fingerprint density at radius 3 is 1.39 bits per heavy atom. The Morgan fingerprint density at radius 1 is 0.571 bits per heavy atom. The number of carbonyl (C=O) groups is 1. The Bertz CT molecular complexity index is 407. The Balaban J connectivity index is 3.15. The minimum atomic E-state index is -0.905. The molecule has 0 saturated heterocycles. The third-order valence-corrected chi connectivity index (χ3v) is 5.18. The van der Waals surface area contributed by atoms with Crippen LogP contribution in [0.1, 0.15) is 122 Å². The van der Waals surface area contributed by atoms with Gasteiger partial charge in [0, 0.05) is 6.08 Å². The van der Waals surface area contributed by atoms with Crippen LogP contribution in [0.4, 0.5) is 0 Å². The number of rotatable bonds is 21. The molecule has 0 heterocycles. The van der Waals surface area contributed by atoms with Crippen molar-refractivity contribution in [2.24, 2.45) is 0 Å². The fraction of sp³-hybridized carbons (Fsp3) is 0.731. The molecule has 0 amide bonds. The molecule has 0 aliphatic rings. The van der Waals surface area contributed by atoms with Crippen LogP contribution in [-0.2, 0) is 4.79 Å². The van der Waals surface area contributed by atoms with Crippen molar-refractivity contribution in [3.63, 3.8) is 0 Å². The second-order valence-electron chi connectivity index (χ2n) is 7.96. The van der Waals surface area contributed by atoms with Gasteiger partial charge in [-0.1, -0.05) is 140 Å². The minimum Gasteiger partial charge on any atom is -0.478 e. The normalized spacial score (nSPS) is 12.0. The van der Waals surface area contributed by atoms with E-state index in [1.165, 1.54) is 109 Å². The molecule has 2 nitrogen and oxygen atoms in total. The molecule has 0 bridgehead atoms. The van der Waals surface area contributed by atoms with Crippen LogP contribution in [0, 0.1) is 0 Å². The van der Waals surface area contributed by atoms with Gasteiger partial charge in [-0.15, -0.1) is 0 Å². The molecule has 0 radical (unpaired) electrons. The van der Waals surface area contributed by atoms with Crippen molar-refractivity contribution in [3.8, 4) is 0 Å². The second-order valence-corrected chi connectivity index (χ2v) is 7.96. The first-order valence-electron chi connectivity index (χ1n) is 12.0. The number of carboxylic acid groups (broad SMARTS) is 1. The minimum absolute atomic E-state index is 0.905. The molecule has 0 aliphatic carbocycles. The van der Waals surface area contributed by atoms with Crippen molar-refractivity contribution in [3.05, 3.63) is 36.5 Å². The molecule has 0 aromatic rings. The van der Waals surface area contributed by atoms with E-state index in [1.807, 2.05) is 12.2 Å². The van der Waals surface area contributed by atoms with Crippen LogP contribution in [0.3, 0.4) is 0 Å². The van der Waals surface area contributed by atoms with Gasteiger partial charge in [-0.2, -0.15) is 0 Å². The van der Waals surface area contributed by atoms with Crippen LogP contribution in [-0.4, -0.2) is 11.1 Å². The van der Waals surface area contributed by atoms with E-state index >= 15 is 0 Å². The number of hydrogen-bond donors (Lipinski definition) is 1. The van der Waals surface area contributed by atoms with Gasteiger partial charge in [0.15, 0.2) is 0 Å². The van der Waals surface area contributed by atoms with E-state index in [0.29, 0.717) is 0 Å². The molecule has 0 aromatic carbocycles. The summed E-state index contributed by atoms with van der Waals surface area (Å²) in [6, 6.07) is 0. The smallest absolute Gasteiger partial charge is 0.328 e. The van der Waals surface area contributed by atoms with E-state index in [2.05, 4.69) is 13.0 Å².